The van der Waals surface area contributed by atoms with Gasteiger partial charge in [-0.25, -0.2) is 9.67 Å². The van der Waals surface area contributed by atoms with Crippen molar-refractivity contribution in [3.63, 3.8) is 0 Å². The fraction of sp³-hybridized carbons (Fsp3) is 0.125. The number of nitrogens with one attached hydrogen (secondary N) is 2. The lowest BCUT2D eigenvalue weighted by Gasteiger charge is -2.07. The molecule has 1 amide bonds. The number of aromatic nitrogens is 4. The summed E-state index contributed by atoms with van der Waals surface area (Å²) < 4.78 is 40.0. The molecule has 0 spiro atoms. The Balaban J connectivity index is 1.34. The number of alkyl halides is 3. The summed E-state index contributed by atoms with van der Waals surface area (Å²) in [5.41, 5.74) is 3.02. The van der Waals surface area contributed by atoms with E-state index in [0.717, 1.165) is 39.2 Å². The van der Waals surface area contributed by atoms with Gasteiger partial charge < -0.3 is 10.3 Å². The van der Waals surface area contributed by atoms with E-state index in [1.165, 1.54) is 28.2 Å². The average Bonchev–Trinajstić information content (AvgIpc) is 3.58. The molecular weight excluding hydrogens is 463 g/mol. The Morgan fingerprint density at radius 2 is 1.94 bits per heavy atom. The lowest BCUT2D eigenvalue weighted by molar-refractivity contribution is -0.137. The molecule has 0 fully saturated rings. The molecular formula is C24H18F3N5OS. The Morgan fingerprint density at radius 3 is 2.68 bits per heavy atom. The molecule has 0 radical (unpaired) electrons. The maximum absolute atomic E-state index is 12.8. The van der Waals surface area contributed by atoms with E-state index in [1.54, 1.807) is 24.8 Å². The molecule has 2 N–H and O–H groups in total. The molecule has 0 aliphatic carbocycles. The standard InChI is InChI=1S/C24H18F3N5OS/c25-24(26,27)17-2-4-18(5-3-17)32-14-16(12-30-32)15-1-6-20-19(11-15)21(13-29-20)31-22(33)7-8-23-28-9-10-34-23/h1-6,9-14,29H,7-8H2,(H,31,33). The van der Waals surface area contributed by atoms with Gasteiger partial charge in [-0.3, -0.25) is 4.79 Å². The number of H-pyrrole nitrogens is 1. The normalized spacial score (nSPS) is 11.7. The van der Waals surface area contributed by atoms with E-state index >= 15 is 0 Å². The van der Waals surface area contributed by atoms with Crippen molar-refractivity contribution in [2.45, 2.75) is 19.0 Å². The first kappa shape index (κ1) is 21.9. The zero-order valence-corrected chi connectivity index (χ0v) is 18.5. The Morgan fingerprint density at radius 1 is 1.12 bits per heavy atom. The molecule has 172 valence electrons. The van der Waals surface area contributed by atoms with Crippen LogP contribution in [0.1, 0.15) is 17.0 Å². The van der Waals surface area contributed by atoms with E-state index in [1.807, 2.05) is 23.6 Å². The monoisotopic (exact) mass is 481 g/mol. The topological polar surface area (TPSA) is 75.6 Å². The van der Waals surface area contributed by atoms with E-state index in [0.29, 0.717) is 24.2 Å². The number of benzene rings is 2. The molecule has 10 heteroatoms. The van der Waals surface area contributed by atoms with Crippen molar-refractivity contribution in [3.05, 3.63) is 83.2 Å². The minimum absolute atomic E-state index is 0.100. The minimum atomic E-state index is -4.38. The fourth-order valence-electron chi connectivity index (χ4n) is 3.63. The van der Waals surface area contributed by atoms with E-state index in [2.05, 4.69) is 20.4 Å². The van der Waals surface area contributed by atoms with Crippen molar-refractivity contribution >= 4 is 33.8 Å². The SMILES string of the molecule is O=C(CCc1nccs1)Nc1c[nH]c2ccc(-c3cnn(-c4ccc(C(F)(F)F)cc4)c3)cc12. The third-order valence-electron chi connectivity index (χ3n) is 5.38. The van der Waals surface area contributed by atoms with E-state index < -0.39 is 11.7 Å². The number of fused-ring (bicyclic) bond motifs is 1. The van der Waals surface area contributed by atoms with Crippen LogP contribution in [0.25, 0.3) is 27.7 Å². The number of carbonyl (C=O) groups excluding carboxylic acids is 1. The number of hydrogen-bond acceptors (Lipinski definition) is 4. The number of aryl methyl sites for hydroxylation is 1. The van der Waals surface area contributed by atoms with E-state index in [9.17, 15) is 18.0 Å². The first-order chi connectivity index (χ1) is 16.4. The summed E-state index contributed by atoms with van der Waals surface area (Å²) in [6, 6.07) is 10.6. The Labute approximate surface area is 196 Å². The molecule has 0 unspecified atom stereocenters. The Bertz CT molecular complexity index is 1440. The fourth-order valence-corrected chi connectivity index (χ4v) is 4.25. The lowest BCUT2D eigenvalue weighted by Crippen LogP contribution is -2.11. The lowest BCUT2D eigenvalue weighted by atomic mass is 10.1. The number of anilines is 1. The van der Waals surface area contributed by atoms with Crippen molar-refractivity contribution in [3.8, 4) is 16.8 Å². The third-order valence-corrected chi connectivity index (χ3v) is 6.22. The highest BCUT2D eigenvalue weighted by Crippen LogP contribution is 2.31. The highest BCUT2D eigenvalue weighted by Gasteiger charge is 2.30. The molecule has 0 saturated heterocycles. The van der Waals surface area contributed by atoms with Crippen LogP contribution in [-0.4, -0.2) is 25.7 Å². The number of amides is 1. The first-order valence-electron chi connectivity index (χ1n) is 10.4. The van der Waals surface area contributed by atoms with Gasteiger partial charge in [-0.1, -0.05) is 6.07 Å². The average molecular weight is 482 g/mol. The second kappa shape index (κ2) is 8.79. The molecule has 0 atom stereocenters. The molecule has 2 aromatic carbocycles. The summed E-state index contributed by atoms with van der Waals surface area (Å²) in [6.07, 6.45) is 3.41. The van der Waals surface area contributed by atoms with Crippen LogP contribution >= 0.6 is 11.3 Å². The smallest absolute Gasteiger partial charge is 0.359 e. The van der Waals surface area contributed by atoms with Crippen molar-refractivity contribution in [2.75, 3.05) is 5.32 Å². The number of carbonyl (C=O) groups is 1. The molecule has 0 saturated carbocycles. The van der Waals surface area contributed by atoms with Crippen LogP contribution in [0.5, 0.6) is 0 Å². The van der Waals surface area contributed by atoms with Crippen LogP contribution in [0, 0.1) is 0 Å². The largest absolute Gasteiger partial charge is 0.416 e. The molecule has 0 bridgehead atoms. The Kier molecular flexibility index (Phi) is 5.66. The second-order valence-electron chi connectivity index (χ2n) is 7.65. The molecule has 5 rings (SSSR count). The van der Waals surface area contributed by atoms with Gasteiger partial charge in [-0.2, -0.15) is 18.3 Å². The number of nitrogens with zero attached hydrogens (tertiary/aromatic N) is 3. The maximum atomic E-state index is 12.8. The predicted molar refractivity (Wildman–Crippen MR) is 125 cm³/mol. The van der Waals surface area contributed by atoms with E-state index in [4.69, 9.17) is 0 Å². The number of rotatable bonds is 6. The van der Waals surface area contributed by atoms with Crippen LogP contribution in [0.15, 0.2) is 72.6 Å². The van der Waals surface area contributed by atoms with Gasteiger partial charge in [-0.15, -0.1) is 11.3 Å². The second-order valence-corrected chi connectivity index (χ2v) is 8.63. The molecule has 0 aliphatic rings. The highest BCUT2D eigenvalue weighted by atomic mass is 32.1. The van der Waals surface area contributed by atoms with Gasteiger partial charge in [0.1, 0.15) is 0 Å². The predicted octanol–water partition coefficient (Wildman–Crippen LogP) is 6.07. The van der Waals surface area contributed by atoms with Crippen LogP contribution in [0.3, 0.4) is 0 Å². The minimum Gasteiger partial charge on any atom is -0.359 e. The summed E-state index contributed by atoms with van der Waals surface area (Å²) >= 11 is 1.52. The van der Waals surface area contributed by atoms with E-state index in [-0.39, 0.29) is 5.91 Å². The highest BCUT2D eigenvalue weighted by molar-refractivity contribution is 7.09. The number of hydrogen-bond donors (Lipinski definition) is 2. The van der Waals surface area contributed by atoms with Crippen LogP contribution in [0.2, 0.25) is 0 Å². The maximum Gasteiger partial charge on any atom is 0.416 e. The van der Waals surface area contributed by atoms with Gasteiger partial charge in [0, 0.05) is 53.3 Å². The van der Waals surface area contributed by atoms with Crippen molar-refractivity contribution in [1.82, 2.24) is 19.7 Å². The van der Waals surface area contributed by atoms with Gasteiger partial charge >= 0.3 is 6.18 Å². The summed E-state index contributed by atoms with van der Waals surface area (Å²) in [5.74, 6) is -0.100. The van der Waals surface area contributed by atoms with Gasteiger partial charge in [0.25, 0.3) is 0 Å². The van der Waals surface area contributed by atoms with Gasteiger partial charge in [0.05, 0.1) is 28.1 Å². The zero-order valence-electron chi connectivity index (χ0n) is 17.6. The number of thiazole rings is 1. The summed E-state index contributed by atoms with van der Waals surface area (Å²) in [7, 11) is 0. The molecule has 6 nitrogen and oxygen atoms in total. The third kappa shape index (κ3) is 4.58. The van der Waals surface area contributed by atoms with Crippen molar-refractivity contribution in [2.24, 2.45) is 0 Å². The van der Waals surface area contributed by atoms with Gasteiger partial charge in [0.15, 0.2) is 0 Å². The number of aromatic amines is 1. The van der Waals surface area contributed by atoms with Crippen LogP contribution in [0.4, 0.5) is 18.9 Å². The number of halogens is 3. The zero-order chi connectivity index (χ0) is 23.7. The van der Waals surface area contributed by atoms with Crippen molar-refractivity contribution < 1.29 is 18.0 Å². The summed E-state index contributed by atoms with van der Waals surface area (Å²) in [4.78, 5) is 19.8. The summed E-state index contributed by atoms with van der Waals surface area (Å²) in [5, 5.41) is 10.9. The molecule has 3 aromatic heterocycles. The molecule has 3 heterocycles. The van der Waals surface area contributed by atoms with Crippen molar-refractivity contribution in [1.29, 1.82) is 0 Å². The van der Waals surface area contributed by atoms with Gasteiger partial charge in [-0.05, 0) is 42.0 Å². The molecule has 34 heavy (non-hydrogen) atoms. The Hall–Kier alpha value is -3.92. The first-order valence-corrected chi connectivity index (χ1v) is 11.3. The van der Waals surface area contributed by atoms with Crippen LogP contribution in [-0.2, 0) is 17.4 Å². The molecule has 0 aliphatic heterocycles. The molecule has 5 aromatic rings. The van der Waals surface area contributed by atoms with Crippen LogP contribution < -0.4 is 5.32 Å². The summed E-state index contributed by atoms with van der Waals surface area (Å²) in [6.45, 7) is 0. The van der Waals surface area contributed by atoms with Gasteiger partial charge in [0.2, 0.25) is 5.91 Å². The quantitative estimate of drug-likeness (QED) is 0.309.